The van der Waals surface area contributed by atoms with Crippen LogP contribution in [0.3, 0.4) is 0 Å². The van der Waals surface area contributed by atoms with Crippen LogP contribution in [0.4, 0.5) is 8.78 Å². The second-order valence-corrected chi connectivity index (χ2v) is 6.88. The Balaban J connectivity index is 0.00000210. The Bertz CT molecular complexity index is 898. The Hall–Kier alpha value is -2.25. The zero-order chi connectivity index (χ0) is 18.3. The van der Waals surface area contributed by atoms with Gasteiger partial charge in [-0.05, 0) is 30.5 Å². The number of fused-ring (bicyclic) bond motifs is 4. The maximum atomic E-state index is 13.8. The third-order valence-electron chi connectivity index (χ3n) is 5.36. The lowest BCUT2D eigenvalue weighted by molar-refractivity contribution is 0.0924. The van der Waals surface area contributed by atoms with Gasteiger partial charge >= 0.3 is 0 Å². The van der Waals surface area contributed by atoms with E-state index in [9.17, 15) is 18.4 Å². The highest BCUT2D eigenvalue weighted by molar-refractivity contribution is 5.94. The second-order valence-electron chi connectivity index (χ2n) is 6.88. The quantitative estimate of drug-likeness (QED) is 0.837. The molecule has 1 aromatic carbocycles. The van der Waals surface area contributed by atoms with Crippen molar-refractivity contribution >= 4 is 18.3 Å². The molecule has 2 bridgehead atoms. The number of hydrogen-bond acceptors (Lipinski definition) is 3. The summed E-state index contributed by atoms with van der Waals surface area (Å²) < 4.78 is 29.3. The van der Waals surface area contributed by atoms with Crippen molar-refractivity contribution in [2.75, 3.05) is 19.6 Å². The van der Waals surface area contributed by atoms with E-state index in [1.165, 1.54) is 12.1 Å². The Kier molecular flexibility index (Phi) is 5.62. The second kappa shape index (κ2) is 7.78. The van der Waals surface area contributed by atoms with Gasteiger partial charge in [-0.25, -0.2) is 8.78 Å². The normalized spacial score (nSPS) is 23.1. The molecule has 2 N–H and O–H groups in total. The van der Waals surface area contributed by atoms with Crippen LogP contribution >= 0.6 is 12.4 Å². The van der Waals surface area contributed by atoms with E-state index in [1.807, 2.05) is 6.07 Å². The van der Waals surface area contributed by atoms with Crippen LogP contribution in [-0.4, -0.2) is 30.1 Å². The van der Waals surface area contributed by atoms with Gasteiger partial charge in [0.1, 0.15) is 17.2 Å². The van der Waals surface area contributed by atoms with E-state index >= 15 is 0 Å². The van der Waals surface area contributed by atoms with Gasteiger partial charge in [0.05, 0.1) is 6.04 Å². The minimum absolute atomic E-state index is 0. The number of nitrogens with one attached hydrogen (secondary N) is 2. The highest BCUT2D eigenvalue weighted by Gasteiger charge is 2.37. The molecule has 144 valence electrons. The van der Waals surface area contributed by atoms with Gasteiger partial charge in [0, 0.05) is 37.3 Å². The molecular formula is C19H20ClF2N3O2. The van der Waals surface area contributed by atoms with Gasteiger partial charge in [-0.3, -0.25) is 9.59 Å². The number of nitrogens with zero attached hydrogens (tertiary/aromatic N) is 1. The Morgan fingerprint density at radius 1 is 1.15 bits per heavy atom. The number of carbonyl (C=O) groups excluding carboxylic acids is 1. The predicted octanol–water partition coefficient (Wildman–Crippen LogP) is 2.23. The van der Waals surface area contributed by atoms with E-state index in [1.54, 1.807) is 10.6 Å². The number of aromatic nitrogens is 1. The summed E-state index contributed by atoms with van der Waals surface area (Å²) in [6.45, 7) is 1.70. The van der Waals surface area contributed by atoms with Crippen molar-refractivity contribution in [2.24, 2.45) is 5.92 Å². The van der Waals surface area contributed by atoms with Gasteiger partial charge in [-0.15, -0.1) is 12.4 Å². The summed E-state index contributed by atoms with van der Waals surface area (Å²) in [4.78, 5) is 24.7. The summed E-state index contributed by atoms with van der Waals surface area (Å²) in [5.74, 6) is -2.17. The van der Waals surface area contributed by atoms with Gasteiger partial charge in [-0.1, -0.05) is 12.1 Å². The van der Waals surface area contributed by atoms with Crippen molar-refractivity contribution in [2.45, 2.75) is 18.4 Å². The van der Waals surface area contributed by atoms with Gasteiger partial charge < -0.3 is 15.2 Å². The molecule has 0 saturated carbocycles. The molecule has 4 rings (SSSR count). The molecule has 1 aromatic heterocycles. The number of piperidine rings is 1. The van der Waals surface area contributed by atoms with Crippen molar-refractivity contribution in [1.82, 2.24) is 15.2 Å². The van der Waals surface area contributed by atoms with Crippen molar-refractivity contribution < 1.29 is 13.6 Å². The molecule has 0 radical (unpaired) electrons. The highest BCUT2D eigenvalue weighted by Crippen LogP contribution is 2.38. The van der Waals surface area contributed by atoms with Crippen LogP contribution in [0.1, 0.15) is 34.4 Å². The Labute approximate surface area is 161 Å². The largest absolute Gasteiger partial charge is 0.350 e. The van der Waals surface area contributed by atoms with Gasteiger partial charge in [0.15, 0.2) is 0 Å². The number of benzene rings is 1. The fourth-order valence-electron chi connectivity index (χ4n) is 4.17. The monoisotopic (exact) mass is 395 g/mol. The van der Waals surface area contributed by atoms with Gasteiger partial charge in [0.25, 0.3) is 11.5 Å². The molecule has 0 unspecified atom stereocenters. The fourth-order valence-corrected chi connectivity index (χ4v) is 4.17. The number of hydrogen-bond donors (Lipinski definition) is 2. The first kappa shape index (κ1) is 19.5. The van der Waals surface area contributed by atoms with Gasteiger partial charge in [-0.2, -0.15) is 0 Å². The third-order valence-corrected chi connectivity index (χ3v) is 5.36. The lowest BCUT2D eigenvalue weighted by Crippen LogP contribution is -2.50. The van der Waals surface area contributed by atoms with Crippen molar-refractivity contribution in [3.05, 3.63) is 69.6 Å². The number of pyridine rings is 1. The van der Waals surface area contributed by atoms with E-state index in [-0.39, 0.29) is 42.4 Å². The standard InChI is InChI=1S/C19H19F2N3O2.ClH/c20-13-3-1-4-14(21)18(13)19(26)23-10-16-12-7-11(8-22-9-12)15-5-2-6-17(25)24(15)16;/h1-6,11-12,16,22H,7-10H2,(H,23,26);1H/t11-,12+,16+;/m1./s1. The average Bonchev–Trinajstić information content (AvgIpc) is 2.62. The third kappa shape index (κ3) is 3.49. The SMILES string of the molecule is Cl.O=C(NC[C@H]1[C@@H]2CNC[C@@H](C2)c2cccc(=O)n21)c1c(F)cccc1F. The number of halogens is 3. The number of amides is 1. The maximum absolute atomic E-state index is 13.8. The topological polar surface area (TPSA) is 63.1 Å². The van der Waals surface area contributed by atoms with Crippen LogP contribution in [-0.2, 0) is 0 Å². The summed E-state index contributed by atoms with van der Waals surface area (Å²) in [5.41, 5.74) is 0.233. The molecule has 2 aliphatic rings. The van der Waals surface area contributed by atoms with Crippen molar-refractivity contribution in [3.63, 3.8) is 0 Å². The fraction of sp³-hybridized carbons (Fsp3) is 0.368. The molecule has 2 aromatic rings. The molecule has 3 heterocycles. The zero-order valence-corrected chi connectivity index (χ0v) is 15.3. The van der Waals surface area contributed by atoms with E-state index in [0.717, 1.165) is 37.3 Å². The van der Waals surface area contributed by atoms with Crippen molar-refractivity contribution in [3.8, 4) is 0 Å². The molecule has 1 amide bonds. The molecule has 27 heavy (non-hydrogen) atoms. The number of carbonyl (C=O) groups is 1. The summed E-state index contributed by atoms with van der Waals surface area (Å²) in [6.07, 6.45) is 0.922. The molecule has 1 fully saturated rings. The predicted molar refractivity (Wildman–Crippen MR) is 99.4 cm³/mol. The maximum Gasteiger partial charge on any atom is 0.257 e. The first-order valence-corrected chi connectivity index (χ1v) is 8.70. The molecule has 5 nitrogen and oxygen atoms in total. The minimum atomic E-state index is -0.900. The smallest absolute Gasteiger partial charge is 0.257 e. The summed E-state index contributed by atoms with van der Waals surface area (Å²) in [5, 5.41) is 5.98. The first-order valence-electron chi connectivity index (χ1n) is 8.70. The minimum Gasteiger partial charge on any atom is -0.350 e. The average molecular weight is 396 g/mol. The Morgan fingerprint density at radius 3 is 2.59 bits per heavy atom. The number of rotatable bonds is 3. The lowest BCUT2D eigenvalue weighted by Gasteiger charge is -2.43. The zero-order valence-electron chi connectivity index (χ0n) is 14.5. The molecule has 0 spiro atoms. The molecule has 0 aliphatic carbocycles. The van der Waals surface area contributed by atoms with E-state index in [0.29, 0.717) is 0 Å². The Morgan fingerprint density at radius 2 is 1.85 bits per heavy atom. The van der Waals surface area contributed by atoms with Crippen molar-refractivity contribution in [1.29, 1.82) is 0 Å². The lowest BCUT2D eigenvalue weighted by atomic mass is 9.79. The summed E-state index contributed by atoms with van der Waals surface area (Å²) in [6, 6.07) is 8.24. The van der Waals surface area contributed by atoms with E-state index in [4.69, 9.17) is 0 Å². The summed E-state index contributed by atoms with van der Waals surface area (Å²) >= 11 is 0. The molecule has 2 aliphatic heterocycles. The van der Waals surface area contributed by atoms with Crippen LogP contribution < -0.4 is 16.2 Å². The molecule has 1 saturated heterocycles. The molecular weight excluding hydrogens is 376 g/mol. The van der Waals surface area contributed by atoms with Crippen LogP contribution in [0.5, 0.6) is 0 Å². The van der Waals surface area contributed by atoms with Crippen LogP contribution in [0.15, 0.2) is 41.2 Å². The molecule has 3 atom stereocenters. The highest BCUT2D eigenvalue weighted by atomic mass is 35.5. The first-order chi connectivity index (χ1) is 12.6. The van der Waals surface area contributed by atoms with E-state index in [2.05, 4.69) is 10.6 Å². The van der Waals surface area contributed by atoms with E-state index < -0.39 is 23.1 Å². The van der Waals surface area contributed by atoms with Crippen LogP contribution in [0.2, 0.25) is 0 Å². The summed E-state index contributed by atoms with van der Waals surface area (Å²) in [7, 11) is 0. The van der Waals surface area contributed by atoms with Crippen LogP contribution in [0.25, 0.3) is 0 Å². The molecule has 8 heteroatoms. The van der Waals surface area contributed by atoms with Crippen LogP contribution in [0, 0.1) is 17.6 Å². The van der Waals surface area contributed by atoms with Gasteiger partial charge in [0.2, 0.25) is 0 Å².